The van der Waals surface area contributed by atoms with Crippen LogP contribution < -0.4 is 24.8 Å². The Bertz CT molecular complexity index is 933. The van der Waals surface area contributed by atoms with Gasteiger partial charge in [0, 0.05) is 0 Å². The van der Waals surface area contributed by atoms with Gasteiger partial charge in [-0.2, -0.15) is 0 Å². The van der Waals surface area contributed by atoms with Gasteiger partial charge in [0.2, 0.25) is 0 Å². The summed E-state index contributed by atoms with van der Waals surface area (Å²) in [5, 5.41) is 0. The van der Waals surface area contributed by atoms with E-state index in [2.05, 4.69) is 94.1 Å². The summed E-state index contributed by atoms with van der Waals surface area (Å²) in [6.07, 6.45) is 6.93. The predicted octanol–water partition coefficient (Wildman–Crippen LogP) is 0.173. The third-order valence-electron chi connectivity index (χ3n) is 6.15. The van der Waals surface area contributed by atoms with Crippen molar-refractivity contribution < 1.29 is 48.0 Å². The smallest absolute Gasteiger partial charge is 1.00 e. The molecule has 140 valence electrons. The molecule has 0 aliphatic heterocycles. The molecule has 0 radical (unpaired) electrons. The SMILES string of the molecule is CC1=C(C)C(C)(C)[C]([Zr+2][C]2=Cc3ccccc3C2n2cccc2)=C1C.[Cl-].[Cl-]. The van der Waals surface area contributed by atoms with Crippen molar-refractivity contribution in [3.63, 3.8) is 0 Å². The maximum absolute atomic E-state index is 2.49. The number of fused-ring (bicyclic) bond motifs is 1. The Morgan fingerprint density at radius 1 is 0.889 bits per heavy atom. The Labute approximate surface area is 187 Å². The van der Waals surface area contributed by atoms with Crippen molar-refractivity contribution in [1.82, 2.24) is 4.57 Å². The first-order valence-corrected chi connectivity index (χ1v) is 11.5. The van der Waals surface area contributed by atoms with E-state index in [0.29, 0.717) is 6.04 Å². The predicted molar refractivity (Wildman–Crippen MR) is 102 cm³/mol. The molecule has 4 rings (SSSR count). The summed E-state index contributed by atoms with van der Waals surface area (Å²) in [5.41, 5.74) is 7.76. The number of hydrogen-bond acceptors (Lipinski definition) is 0. The molecule has 2 aromatic rings. The Hall–Kier alpha value is -0.817. The van der Waals surface area contributed by atoms with E-state index in [4.69, 9.17) is 0 Å². The molecule has 1 atom stereocenters. The maximum atomic E-state index is 2.49. The standard InChI is InChI=1S/C13H10N.C10H15.2ClH.Zr/c1-2-6-12-11(5-1)7-8-13(12)14-9-3-4-10-14;1-7-6-10(4,5)9(3)8(7)2;;;/h1-7,9-10,13H;1-5H3;2*1H;/q;;;;+2/p-2. The first-order valence-electron chi connectivity index (χ1n) is 9.01. The molecule has 0 bridgehead atoms. The summed E-state index contributed by atoms with van der Waals surface area (Å²) in [6.45, 7) is 11.8. The first-order chi connectivity index (χ1) is 11.9. The van der Waals surface area contributed by atoms with Gasteiger partial charge >= 0.3 is 163 Å². The fourth-order valence-corrected chi connectivity index (χ4v) is 8.74. The molecule has 27 heavy (non-hydrogen) atoms. The van der Waals surface area contributed by atoms with Crippen molar-refractivity contribution in [3.8, 4) is 0 Å². The number of allylic oxidation sites excluding steroid dienone is 5. The first kappa shape index (κ1) is 22.5. The summed E-state index contributed by atoms with van der Waals surface area (Å²) in [5.74, 6) is 0. The molecule has 4 heteroatoms. The minimum atomic E-state index is -0.854. The maximum Gasteiger partial charge on any atom is -1.00 e. The topological polar surface area (TPSA) is 4.93 Å². The van der Waals surface area contributed by atoms with Gasteiger partial charge in [0.1, 0.15) is 0 Å². The van der Waals surface area contributed by atoms with Crippen LogP contribution >= 0.6 is 0 Å². The van der Waals surface area contributed by atoms with Crippen molar-refractivity contribution in [2.24, 2.45) is 5.41 Å². The van der Waals surface area contributed by atoms with Gasteiger partial charge in [-0.25, -0.2) is 0 Å². The zero-order chi connectivity index (χ0) is 17.8. The van der Waals surface area contributed by atoms with Gasteiger partial charge in [-0.05, 0) is 0 Å². The molecule has 1 heterocycles. The zero-order valence-electron chi connectivity index (χ0n) is 16.5. The van der Waals surface area contributed by atoms with E-state index in [1.807, 2.05) is 0 Å². The summed E-state index contributed by atoms with van der Waals surface area (Å²) in [4.78, 5) is 0. The average molecular weight is 478 g/mol. The Morgan fingerprint density at radius 3 is 2.11 bits per heavy atom. The Morgan fingerprint density at radius 2 is 1.52 bits per heavy atom. The third kappa shape index (κ3) is 3.62. The molecule has 0 fully saturated rings. The van der Waals surface area contributed by atoms with Crippen molar-refractivity contribution in [2.75, 3.05) is 0 Å². The number of aromatic nitrogens is 1. The molecule has 1 nitrogen and oxygen atoms in total. The molecule has 0 N–H and O–H groups in total. The van der Waals surface area contributed by atoms with Crippen LogP contribution in [-0.4, -0.2) is 4.57 Å². The average Bonchev–Trinajstić information content (AvgIpc) is 3.26. The van der Waals surface area contributed by atoms with E-state index in [1.54, 1.807) is 17.7 Å². The molecule has 2 aliphatic carbocycles. The quantitative estimate of drug-likeness (QED) is 0.594. The van der Waals surface area contributed by atoms with Crippen molar-refractivity contribution in [3.05, 3.63) is 83.2 Å². The molecule has 1 aromatic heterocycles. The van der Waals surface area contributed by atoms with E-state index in [9.17, 15) is 0 Å². The number of hydrogen-bond donors (Lipinski definition) is 0. The fourth-order valence-electron chi connectivity index (χ4n) is 4.24. The second-order valence-electron chi connectivity index (χ2n) is 7.76. The van der Waals surface area contributed by atoms with Crippen LogP contribution in [0.15, 0.2) is 72.1 Å². The summed E-state index contributed by atoms with van der Waals surface area (Å²) in [6, 6.07) is 13.6. The van der Waals surface area contributed by atoms with Gasteiger partial charge in [0.25, 0.3) is 0 Å². The molecule has 0 spiro atoms. The molecule has 0 saturated heterocycles. The van der Waals surface area contributed by atoms with Crippen molar-refractivity contribution >= 4 is 6.08 Å². The molecule has 0 saturated carbocycles. The fraction of sp³-hybridized carbons (Fsp3) is 0.304. The Balaban J connectivity index is 0.00000131. The zero-order valence-corrected chi connectivity index (χ0v) is 20.4. The normalized spacial score (nSPS) is 19.9. The van der Waals surface area contributed by atoms with Crippen LogP contribution in [0, 0.1) is 5.41 Å². The van der Waals surface area contributed by atoms with E-state index in [1.165, 1.54) is 16.7 Å². The molecular formula is C23H25Cl2NZr. The number of rotatable bonds is 3. The molecule has 1 unspecified atom stereocenters. The van der Waals surface area contributed by atoms with Gasteiger partial charge in [0.05, 0.1) is 0 Å². The molecular weight excluding hydrogens is 452 g/mol. The van der Waals surface area contributed by atoms with Crippen LogP contribution in [0.4, 0.5) is 0 Å². The van der Waals surface area contributed by atoms with E-state index in [-0.39, 0.29) is 30.2 Å². The Kier molecular flexibility index (Phi) is 6.89. The monoisotopic (exact) mass is 475 g/mol. The van der Waals surface area contributed by atoms with Crippen LogP contribution in [0.5, 0.6) is 0 Å². The second kappa shape index (κ2) is 8.28. The van der Waals surface area contributed by atoms with Crippen molar-refractivity contribution in [1.29, 1.82) is 0 Å². The van der Waals surface area contributed by atoms with Gasteiger partial charge < -0.3 is 24.8 Å². The summed E-state index contributed by atoms with van der Waals surface area (Å²) >= 11 is -0.854. The molecule has 2 aliphatic rings. The minimum absolute atomic E-state index is 0. The second-order valence-corrected chi connectivity index (χ2v) is 11.0. The van der Waals surface area contributed by atoms with Gasteiger partial charge in [-0.15, -0.1) is 0 Å². The van der Waals surface area contributed by atoms with E-state index in [0.717, 1.165) is 0 Å². The minimum Gasteiger partial charge on any atom is -1.00 e. The van der Waals surface area contributed by atoms with Gasteiger partial charge in [-0.3, -0.25) is 0 Å². The number of benzene rings is 1. The largest absolute Gasteiger partial charge is 1.00 e. The third-order valence-corrected chi connectivity index (χ3v) is 11.0. The van der Waals surface area contributed by atoms with Crippen molar-refractivity contribution in [2.45, 2.75) is 40.7 Å². The van der Waals surface area contributed by atoms with Crippen LogP contribution in [0.2, 0.25) is 0 Å². The van der Waals surface area contributed by atoms with Gasteiger partial charge in [-0.1, -0.05) is 0 Å². The van der Waals surface area contributed by atoms with Crippen LogP contribution in [-0.2, 0) is 23.2 Å². The summed E-state index contributed by atoms with van der Waals surface area (Å²) in [7, 11) is 0. The molecule has 0 amide bonds. The molecule has 1 aromatic carbocycles. The summed E-state index contributed by atoms with van der Waals surface area (Å²) < 4.78 is 5.82. The van der Waals surface area contributed by atoms with Crippen LogP contribution in [0.3, 0.4) is 0 Å². The van der Waals surface area contributed by atoms with Crippen LogP contribution in [0.25, 0.3) is 6.08 Å². The van der Waals surface area contributed by atoms with E-state index >= 15 is 0 Å². The van der Waals surface area contributed by atoms with Crippen LogP contribution in [0.1, 0.15) is 51.8 Å². The number of nitrogens with zero attached hydrogens (tertiary/aromatic N) is 1. The van der Waals surface area contributed by atoms with E-state index < -0.39 is 23.2 Å². The number of halogens is 2. The van der Waals surface area contributed by atoms with Gasteiger partial charge in [0.15, 0.2) is 0 Å².